The molecule has 3 aromatic rings. The summed E-state index contributed by atoms with van der Waals surface area (Å²) in [5.41, 5.74) is 3.37. The molecule has 37 heavy (non-hydrogen) atoms. The van der Waals surface area contributed by atoms with Crippen molar-refractivity contribution >= 4 is 23.2 Å². The standard InChI is InChI=1S/C29H29FN4O3/c30-23-9-6-20(7-10-23)28(36)31-24-15-21(29(37)32-12-1-2-13-32)8-11-26(24)33-16-19-14-22(18-33)25-4-3-5-27(35)34(25)17-19/h3-11,15,19,22H,1-2,12-14,16-18H2,(H,31,36). The lowest BCUT2D eigenvalue weighted by Crippen LogP contribution is -2.47. The van der Waals surface area contributed by atoms with E-state index in [0.29, 0.717) is 35.8 Å². The van der Waals surface area contributed by atoms with E-state index in [1.807, 2.05) is 33.7 Å². The molecule has 2 unspecified atom stereocenters. The predicted molar refractivity (Wildman–Crippen MR) is 140 cm³/mol. The van der Waals surface area contributed by atoms with Gasteiger partial charge in [-0.2, -0.15) is 0 Å². The van der Waals surface area contributed by atoms with Gasteiger partial charge in [0.1, 0.15) is 5.82 Å². The Morgan fingerprint density at radius 2 is 1.65 bits per heavy atom. The summed E-state index contributed by atoms with van der Waals surface area (Å²) in [6.45, 7) is 3.61. The van der Waals surface area contributed by atoms with Crippen LogP contribution in [-0.4, -0.2) is 47.5 Å². The summed E-state index contributed by atoms with van der Waals surface area (Å²) in [5, 5.41) is 2.99. The predicted octanol–water partition coefficient (Wildman–Crippen LogP) is 4.10. The Bertz CT molecular complexity index is 1410. The number of amides is 2. The van der Waals surface area contributed by atoms with E-state index in [-0.39, 0.29) is 23.3 Å². The first-order valence-corrected chi connectivity index (χ1v) is 12.9. The maximum atomic E-state index is 13.4. The van der Waals surface area contributed by atoms with Crippen molar-refractivity contribution in [3.8, 4) is 0 Å². The quantitative estimate of drug-likeness (QED) is 0.586. The van der Waals surface area contributed by atoms with Crippen molar-refractivity contribution in [2.24, 2.45) is 5.92 Å². The fourth-order valence-electron chi connectivity index (χ4n) is 6.04. The molecule has 0 spiro atoms. The molecule has 8 heteroatoms. The molecule has 3 aliphatic rings. The van der Waals surface area contributed by atoms with E-state index >= 15 is 0 Å². The highest BCUT2D eigenvalue weighted by molar-refractivity contribution is 6.07. The minimum atomic E-state index is -0.408. The molecule has 0 saturated carbocycles. The number of likely N-dealkylation sites (tertiary alicyclic amines) is 1. The number of aromatic nitrogens is 1. The van der Waals surface area contributed by atoms with Crippen LogP contribution in [0.3, 0.4) is 0 Å². The minimum absolute atomic E-state index is 0.0369. The monoisotopic (exact) mass is 500 g/mol. The zero-order valence-electron chi connectivity index (χ0n) is 20.5. The summed E-state index contributed by atoms with van der Waals surface area (Å²) in [4.78, 5) is 42.8. The molecule has 2 saturated heterocycles. The van der Waals surface area contributed by atoms with Gasteiger partial charge in [-0.25, -0.2) is 4.39 Å². The fourth-order valence-corrected chi connectivity index (χ4v) is 6.04. The zero-order valence-corrected chi connectivity index (χ0v) is 20.5. The van der Waals surface area contributed by atoms with Gasteiger partial charge in [0.25, 0.3) is 17.4 Å². The van der Waals surface area contributed by atoms with Gasteiger partial charge >= 0.3 is 0 Å². The number of hydrogen-bond donors (Lipinski definition) is 1. The van der Waals surface area contributed by atoms with Crippen LogP contribution in [0.5, 0.6) is 0 Å². The molecule has 190 valence electrons. The molecule has 3 aliphatic heterocycles. The lowest BCUT2D eigenvalue weighted by atomic mass is 9.83. The first-order chi connectivity index (χ1) is 18.0. The molecule has 2 fully saturated rings. The van der Waals surface area contributed by atoms with Crippen molar-refractivity contribution in [2.75, 3.05) is 36.4 Å². The molecule has 6 rings (SSSR count). The summed E-state index contributed by atoms with van der Waals surface area (Å²) in [6, 6.07) is 16.4. The van der Waals surface area contributed by atoms with Gasteiger partial charge in [-0.3, -0.25) is 14.4 Å². The second-order valence-electron chi connectivity index (χ2n) is 10.3. The minimum Gasteiger partial charge on any atom is -0.369 e. The number of fused-ring (bicyclic) bond motifs is 4. The lowest BCUT2D eigenvalue weighted by molar-refractivity contribution is 0.0792. The van der Waals surface area contributed by atoms with Crippen molar-refractivity contribution < 1.29 is 14.0 Å². The van der Waals surface area contributed by atoms with Crippen molar-refractivity contribution in [3.63, 3.8) is 0 Å². The SMILES string of the molecule is O=C(Nc1cc(C(=O)N2CCCC2)ccc1N1CC2CC(C1)c1cccc(=O)n1C2)c1ccc(F)cc1. The fraction of sp³-hybridized carbons (Fsp3) is 0.345. The third-order valence-corrected chi connectivity index (χ3v) is 7.81. The highest BCUT2D eigenvalue weighted by Gasteiger charge is 2.35. The topological polar surface area (TPSA) is 74.7 Å². The van der Waals surface area contributed by atoms with E-state index in [4.69, 9.17) is 0 Å². The van der Waals surface area contributed by atoms with Gasteiger partial charge in [-0.05, 0) is 73.7 Å². The van der Waals surface area contributed by atoms with Gasteiger partial charge in [0, 0.05) is 61.5 Å². The van der Waals surface area contributed by atoms with Gasteiger partial charge in [-0.1, -0.05) is 6.07 Å². The maximum Gasteiger partial charge on any atom is 0.255 e. The summed E-state index contributed by atoms with van der Waals surface area (Å²) in [7, 11) is 0. The molecule has 2 aromatic carbocycles. The van der Waals surface area contributed by atoms with Crippen LogP contribution in [-0.2, 0) is 6.54 Å². The number of halogens is 1. The Hall–Kier alpha value is -3.94. The Morgan fingerprint density at radius 3 is 2.43 bits per heavy atom. The van der Waals surface area contributed by atoms with Gasteiger partial charge in [0.15, 0.2) is 0 Å². The smallest absolute Gasteiger partial charge is 0.255 e. The average molecular weight is 501 g/mol. The Balaban J connectivity index is 1.34. The van der Waals surface area contributed by atoms with Gasteiger partial charge in [0.2, 0.25) is 0 Å². The van der Waals surface area contributed by atoms with Crippen LogP contribution in [0.25, 0.3) is 0 Å². The van der Waals surface area contributed by atoms with E-state index in [0.717, 1.165) is 50.3 Å². The number of anilines is 2. The third-order valence-electron chi connectivity index (χ3n) is 7.81. The zero-order chi connectivity index (χ0) is 25.5. The molecular weight excluding hydrogens is 471 g/mol. The molecule has 1 N–H and O–H groups in total. The number of nitrogens with one attached hydrogen (secondary N) is 1. The van der Waals surface area contributed by atoms with Gasteiger partial charge in [-0.15, -0.1) is 0 Å². The number of carbonyl (C=O) groups excluding carboxylic acids is 2. The normalized spacial score (nSPS) is 20.5. The second kappa shape index (κ2) is 9.50. The van der Waals surface area contributed by atoms with Crippen LogP contribution in [0.4, 0.5) is 15.8 Å². The van der Waals surface area contributed by atoms with E-state index < -0.39 is 5.82 Å². The number of hydrogen-bond acceptors (Lipinski definition) is 4. The van der Waals surface area contributed by atoms with E-state index in [1.54, 1.807) is 12.1 Å². The summed E-state index contributed by atoms with van der Waals surface area (Å²) < 4.78 is 15.3. The van der Waals surface area contributed by atoms with Crippen LogP contribution in [0.15, 0.2) is 65.5 Å². The average Bonchev–Trinajstić information content (AvgIpc) is 3.44. The molecular formula is C29H29FN4O3. The van der Waals surface area contributed by atoms with Crippen molar-refractivity contribution in [1.29, 1.82) is 0 Å². The number of pyridine rings is 1. The third kappa shape index (κ3) is 4.52. The summed E-state index contributed by atoms with van der Waals surface area (Å²) >= 11 is 0. The van der Waals surface area contributed by atoms with Crippen LogP contribution in [0.1, 0.15) is 51.6 Å². The first kappa shape index (κ1) is 23.5. The Labute approximate surface area is 214 Å². The van der Waals surface area contributed by atoms with Crippen molar-refractivity contribution in [3.05, 3.63) is 93.7 Å². The number of nitrogens with zero attached hydrogens (tertiary/aromatic N) is 3. The van der Waals surface area contributed by atoms with Gasteiger partial charge < -0.3 is 19.7 Å². The maximum absolute atomic E-state index is 13.4. The van der Waals surface area contributed by atoms with E-state index in [9.17, 15) is 18.8 Å². The highest BCUT2D eigenvalue weighted by atomic mass is 19.1. The molecule has 0 radical (unpaired) electrons. The summed E-state index contributed by atoms with van der Waals surface area (Å²) in [6.07, 6.45) is 3.01. The van der Waals surface area contributed by atoms with E-state index in [2.05, 4.69) is 10.2 Å². The summed E-state index contributed by atoms with van der Waals surface area (Å²) in [5.74, 6) is -0.299. The van der Waals surface area contributed by atoms with E-state index in [1.165, 1.54) is 24.3 Å². The largest absolute Gasteiger partial charge is 0.369 e. The number of rotatable bonds is 4. The molecule has 2 atom stereocenters. The number of piperidine rings is 1. The molecule has 4 heterocycles. The lowest BCUT2D eigenvalue weighted by Gasteiger charge is -2.44. The van der Waals surface area contributed by atoms with Crippen molar-refractivity contribution in [1.82, 2.24) is 9.47 Å². The van der Waals surface area contributed by atoms with Crippen LogP contribution in [0, 0.1) is 11.7 Å². The van der Waals surface area contributed by atoms with Crippen LogP contribution < -0.4 is 15.8 Å². The molecule has 7 nitrogen and oxygen atoms in total. The number of carbonyl (C=O) groups is 2. The molecule has 2 amide bonds. The molecule has 2 bridgehead atoms. The second-order valence-corrected chi connectivity index (χ2v) is 10.3. The Kier molecular flexibility index (Phi) is 6.02. The first-order valence-electron chi connectivity index (χ1n) is 12.9. The highest BCUT2D eigenvalue weighted by Crippen LogP contribution is 2.39. The van der Waals surface area contributed by atoms with Crippen LogP contribution in [0.2, 0.25) is 0 Å². The van der Waals surface area contributed by atoms with Crippen LogP contribution >= 0.6 is 0 Å². The van der Waals surface area contributed by atoms with Gasteiger partial charge in [0.05, 0.1) is 11.4 Å². The Morgan fingerprint density at radius 1 is 0.892 bits per heavy atom. The number of benzene rings is 2. The molecule has 0 aliphatic carbocycles. The molecule has 1 aromatic heterocycles. The van der Waals surface area contributed by atoms with Crippen molar-refractivity contribution in [2.45, 2.75) is 31.7 Å².